The van der Waals surface area contributed by atoms with Crippen molar-refractivity contribution in [2.45, 2.75) is 14.1 Å². The first-order valence-electron chi connectivity index (χ1n) is 7.18. The highest BCUT2D eigenvalue weighted by Crippen LogP contribution is 2.34. The molecule has 0 atom stereocenters. The second-order valence-corrected chi connectivity index (χ2v) is 9.72. The number of sulfone groups is 1. The molecule has 3 aromatic rings. The van der Waals surface area contributed by atoms with Crippen molar-refractivity contribution in [2.24, 2.45) is 0 Å². The normalized spacial score (nSPS) is 11.3. The molecule has 1 aromatic heterocycles. The molecule has 0 aliphatic heterocycles. The van der Waals surface area contributed by atoms with E-state index in [0.29, 0.717) is 5.69 Å². The first-order valence-corrected chi connectivity index (χ1v) is 11.1. The van der Waals surface area contributed by atoms with Gasteiger partial charge in [-0.05, 0) is 30.3 Å². The van der Waals surface area contributed by atoms with E-state index in [1.807, 2.05) is 12.1 Å². The zero-order valence-electron chi connectivity index (χ0n) is 13.3. The van der Waals surface area contributed by atoms with Crippen molar-refractivity contribution in [1.29, 1.82) is 0 Å². The standard InChI is InChI=1S/C16H12ClN3O3S3/c1-26(22,23)10-6-7-12(17)11(8-10)15(21)19-13-4-2-3-5-14(13)25-16-20-18-9-24-16/h2-9H,1H3,(H,19,21). The van der Waals surface area contributed by atoms with Crippen molar-refractivity contribution >= 4 is 56.1 Å². The van der Waals surface area contributed by atoms with Gasteiger partial charge in [-0.1, -0.05) is 46.8 Å². The minimum atomic E-state index is -3.45. The third-order valence-corrected chi connectivity index (χ3v) is 6.58. The van der Waals surface area contributed by atoms with E-state index < -0.39 is 15.7 Å². The first kappa shape index (κ1) is 18.8. The van der Waals surface area contributed by atoms with Crippen molar-refractivity contribution in [3.8, 4) is 0 Å². The van der Waals surface area contributed by atoms with E-state index in [9.17, 15) is 13.2 Å². The van der Waals surface area contributed by atoms with Gasteiger partial charge in [0.2, 0.25) is 0 Å². The molecule has 26 heavy (non-hydrogen) atoms. The largest absolute Gasteiger partial charge is 0.321 e. The molecule has 6 nitrogen and oxygen atoms in total. The van der Waals surface area contributed by atoms with Gasteiger partial charge >= 0.3 is 0 Å². The molecule has 1 N–H and O–H groups in total. The number of hydrogen-bond donors (Lipinski definition) is 1. The third kappa shape index (κ3) is 4.42. The predicted molar refractivity (Wildman–Crippen MR) is 103 cm³/mol. The molecule has 1 amide bonds. The average molecular weight is 426 g/mol. The molecule has 134 valence electrons. The highest BCUT2D eigenvalue weighted by molar-refractivity contribution is 8.01. The van der Waals surface area contributed by atoms with E-state index in [2.05, 4.69) is 15.5 Å². The Morgan fingerprint density at radius 2 is 2.00 bits per heavy atom. The number of anilines is 1. The zero-order valence-corrected chi connectivity index (χ0v) is 16.5. The zero-order chi connectivity index (χ0) is 18.7. The fourth-order valence-corrected chi connectivity index (χ4v) is 4.43. The average Bonchev–Trinajstić information content (AvgIpc) is 3.09. The van der Waals surface area contributed by atoms with Gasteiger partial charge in [-0.3, -0.25) is 4.79 Å². The van der Waals surface area contributed by atoms with E-state index in [-0.39, 0.29) is 15.5 Å². The molecule has 2 aromatic carbocycles. The van der Waals surface area contributed by atoms with Crippen LogP contribution in [-0.4, -0.2) is 30.8 Å². The molecule has 0 saturated carbocycles. The molecular formula is C16H12ClN3O3S3. The van der Waals surface area contributed by atoms with Crippen molar-refractivity contribution in [3.05, 3.63) is 58.6 Å². The lowest BCUT2D eigenvalue weighted by Gasteiger charge is -2.11. The Labute approximate surface area is 163 Å². The number of nitrogens with one attached hydrogen (secondary N) is 1. The van der Waals surface area contributed by atoms with Crippen LogP contribution in [0.4, 0.5) is 5.69 Å². The van der Waals surface area contributed by atoms with Crippen LogP contribution < -0.4 is 5.32 Å². The van der Waals surface area contributed by atoms with Crippen molar-refractivity contribution in [1.82, 2.24) is 10.2 Å². The van der Waals surface area contributed by atoms with Crippen LogP contribution in [-0.2, 0) is 9.84 Å². The predicted octanol–water partition coefficient (Wildman–Crippen LogP) is 4.00. The Bertz CT molecular complexity index is 1050. The number of para-hydroxylation sites is 1. The monoisotopic (exact) mass is 425 g/mol. The van der Waals surface area contributed by atoms with Crippen LogP contribution in [0.25, 0.3) is 0 Å². The van der Waals surface area contributed by atoms with Gasteiger partial charge in [0.1, 0.15) is 5.51 Å². The molecule has 0 fully saturated rings. The minimum Gasteiger partial charge on any atom is -0.321 e. The van der Waals surface area contributed by atoms with Crippen LogP contribution in [0.5, 0.6) is 0 Å². The second-order valence-electron chi connectivity index (χ2n) is 5.17. The van der Waals surface area contributed by atoms with Gasteiger partial charge in [-0.25, -0.2) is 8.42 Å². The highest BCUT2D eigenvalue weighted by Gasteiger charge is 2.17. The maximum atomic E-state index is 12.6. The lowest BCUT2D eigenvalue weighted by Crippen LogP contribution is -2.14. The molecule has 0 aliphatic rings. The number of amides is 1. The van der Waals surface area contributed by atoms with Crippen LogP contribution >= 0.6 is 34.7 Å². The number of carbonyl (C=O) groups excluding carboxylic acids is 1. The van der Waals surface area contributed by atoms with Crippen LogP contribution in [0.3, 0.4) is 0 Å². The minimum absolute atomic E-state index is 0.0311. The highest BCUT2D eigenvalue weighted by atomic mass is 35.5. The number of halogens is 1. The topological polar surface area (TPSA) is 89.0 Å². The molecule has 0 bridgehead atoms. The summed E-state index contributed by atoms with van der Waals surface area (Å²) in [6.07, 6.45) is 1.08. The lowest BCUT2D eigenvalue weighted by atomic mass is 10.2. The number of carbonyl (C=O) groups is 1. The number of nitrogens with zero attached hydrogens (tertiary/aromatic N) is 2. The van der Waals surface area contributed by atoms with Crippen LogP contribution in [0.2, 0.25) is 5.02 Å². The third-order valence-electron chi connectivity index (χ3n) is 3.28. The van der Waals surface area contributed by atoms with Crippen molar-refractivity contribution in [2.75, 3.05) is 11.6 Å². The van der Waals surface area contributed by atoms with Gasteiger partial charge in [0.15, 0.2) is 14.2 Å². The molecule has 10 heteroatoms. The maximum absolute atomic E-state index is 12.6. The fraction of sp³-hybridized carbons (Fsp3) is 0.0625. The van der Waals surface area contributed by atoms with E-state index in [1.54, 1.807) is 17.6 Å². The Hall–Kier alpha value is -1.94. The van der Waals surface area contributed by atoms with E-state index >= 15 is 0 Å². The SMILES string of the molecule is CS(=O)(=O)c1ccc(Cl)c(C(=O)Nc2ccccc2Sc2nncs2)c1. The van der Waals surface area contributed by atoms with Gasteiger partial charge in [-0.2, -0.15) is 0 Å². The summed E-state index contributed by atoms with van der Waals surface area (Å²) in [5.41, 5.74) is 2.28. The Kier molecular flexibility index (Phi) is 5.61. The van der Waals surface area contributed by atoms with Gasteiger partial charge in [0.05, 0.1) is 21.2 Å². The Morgan fingerprint density at radius 3 is 2.69 bits per heavy atom. The molecule has 3 rings (SSSR count). The maximum Gasteiger partial charge on any atom is 0.257 e. The van der Waals surface area contributed by atoms with Crippen LogP contribution in [0, 0.1) is 0 Å². The fourth-order valence-electron chi connectivity index (χ4n) is 2.06. The van der Waals surface area contributed by atoms with Crippen molar-refractivity contribution in [3.63, 3.8) is 0 Å². The molecule has 0 unspecified atom stereocenters. The molecule has 0 radical (unpaired) electrons. The van der Waals surface area contributed by atoms with E-state index in [0.717, 1.165) is 15.5 Å². The summed E-state index contributed by atoms with van der Waals surface area (Å²) in [6, 6.07) is 11.3. The Balaban J connectivity index is 1.89. The van der Waals surface area contributed by atoms with Gasteiger partial charge < -0.3 is 5.32 Å². The van der Waals surface area contributed by atoms with Gasteiger partial charge in [-0.15, -0.1) is 10.2 Å². The summed E-state index contributed by atoms with van der Waals surface area (Å²) in [5.74, 6) is -0.495. The number of aromatic nitrogens is 2. The number of rotatable bonds is 5. The van der Waals surface area contributed by atoms with E-state index in [1.165, 1.54) is 41.3 Å². The van der Waals surface area contributed by atoms with Gasteiger partial charge in [0.25, 0.3) is 5.91 Å². The smallest absolute Gasteiger partial charge is 0.257 e. The summed E-state index contributed by atoms with van der Waals surface area (Å²) in [7, 11) is -3.45. The Morgan fingerprint density at radius 1 is 1.23 bits per heavy atom. The summed E-state index contributed by atoms with van der Waals surface area (Å²) >= 11 is 8.84. The second kappa shape index (κ2) is 7.75. The van der Waals surface area contributed by atoms with Crippen LogP contribution in [0.1, 0.15) is 10.4 Å². The van der Waals surface area contributed by atoms with E-state index in [4.69, 9.17) is 11.6 Å². The number of benzene rings is 2. The van der Waals surface area contributed by atoms with Crippen LogP contribution in [0.15, 0.2) is 62.1 Å². The summed E-state index contributed by atoms with van der Waals surface area (Å²) in [5, 5.41) is 10.7. The summed E-state index contributed by atoms with van der Waals surface area (Å²) in [4.78, 5) is 13.5. The first-order chi connectivity index (χ1) is 12.3. The molecule has 0 spiro atoms. The summed E-state index contributed by atoms with van der Waals surface area (Å²) in [6.45, 7) is 0. The lowest BCUT2D eigenvalue weighted by molar-refractivity contribution is 0.102. The quantitative estimate of drug-likeness (QED) is 0.664. The van der Waals surface area contributed by atoms with Gasteiger partial charge in [0, 0.05) is 11.2 Å². The molecule has 1 heterocycles. The molecular weight excluding hydrogens is 414 g/mol. The molecule has 0 aliphatic carbocycles. The molecule has 0 saturated heterocycles. The number of hydrogen-bond acceptors (Lipinski definition) is 7. The van der Waals surface area contributed by atoms with Crippen molar-refractivity contribution < 1.29 is 13.2 Å². The summed E-state index contributed by atoms with van der Waals surface area (Å²) < 4.78 is 24.2.